The van der Waals surface area contributed by atoms with Crippen molar-refractivity contribution in [2.45, 2.75) is 19.4 Å². The molecule has 1 aliphatic heterocycles. The number of benzene rings is 1. The Morgan fingerprint density at radius 3 is 2.96 bits per heavy atom. The van der Waals surface area contributed by atoms with Gasteiger partial charge in [-0.3, -0.25) is 4.79 Å². The van der Waals surface area contributed by atoms with Gasteiger partial charge in [-0.25, -0.2) is 4.99 Å². The summed E-state index contributed by atoms with van der Waals surface area (Å²) in [5.74, 6) is 0.448. The summed E-state index contributed by atoms with van der Waals surface area (Å²) >= 11 is 0. The summed E-state index contributed by atoms with van der Waals surface area (Å²) < 4.78 is 16.1. The molecule has 1 amide bonds. The smallest absolute Gasteiger partial charge is 0.260 e. The molecular formula is C17H17N3O4. The lowest BCUT2D eigenvalue weighted by atomic mass is 10.1. The van der Waals surface area contributed by atoms with Crippen LogP contribution in [0.15, 0.2) is 39.9 Å². The number of carbonyl (C=O) groups excluding carboxylic acids is 1. The van der Waals surface area contributed by atoms with E-state index in [2.05, 4.69) is 15.1 Å². The number of aromatic nitrogens is 2. The third kappa shape index (κ3) is 3.26. The molecule has 0 saturated heterocycles. The molecule has 1 aliphatic rings. The van der Waals surface area contributed by atoms with Crippen LogP contribution in [-0.2, 0) is 16.1 Å². The number of ether oxygens (including phenoxy) is 2. The Kier molecular flexibility index (Phi) is 4.81. The zero-order valence-electron chi connectivity index (χ0n) is 13.4. The SMILES string of the molecule is CCOCc1cc(-c2nc(C3C=CC=NC3=O)no2)ccc1OC. The molecule has 2 heterocycles. The third-order valence-corrected chi connectivity index (χ3v) is 3.57. The highest BCUT2D eigenvalue weighted by Crippen LogP contribution is 2.28. The summed E-state index contributed by atoms with van der Waals surface area (Å²) in [7, 11) is 1.61. The normalized spacial score (nSPS) is 16.6. The van der Waals surface area contributed by atoms with Gasteiger partial charge in [0.15, 0.2) is 5.82 Å². The molecule has 7 heteroatoms. The van der Waals surface area contributed by atoms with Crippen LogP contribution in [0.1, 0.15) is 24.2 Å². The van der Waals surface area contributed by atoms with Crippen molar-refractivity contribution in [2.24, 2.45) is 4.99 Å². The first-order chi connectivity index (χ1) is 11.7. The molecule has 0 aliphatic carbocycles. The van der Waals surface area contributed by atoms with Crippen LogP contribution in [0.3, 0.4) is 0 Å². The highest BCUT2D eigenvalue weighted by Gasteiger charge is 2.24. The maximum absolute atomic E-state index is 11.8. The molecule has 24 heavy (non-hydrogen) atoms. The molecule has 1 aromatic heterocycles. The minimum absolute atomic E-state index is 0.297. The number of aliphatic imine (C=N–C) groups is 1. The lowest BCUT2D eigenvalue weighted by Gasteiger charge is -2.09. The highest BCUT2D eigenvalue weighted by molar-refractivity contribution is 5.96. The fourth-order valence-electron chi connectivity index (χ4n) is 2.35. The van der Waals surface area contributed by atoms with Crippen molar-refractivity contribution in [2.75, 3.05) is 13.7 Å². The largest absolute Gasteiger partial charge is 0.496 e. The molecular weight excluding hydrogens is 310 g/mol. The zero-order chi connectivity index (χ0) is 16.9. The molecule has 1 unspecified atom stereocenters. The van der Waals surface area contributed by atoms with Gasteiger partial charge in [0, 0.05) is 23.9 Å². The van der Waals surface area contributed by atoms with E-state index in [4.69, 9.17) is 14.0 Å². The van der Waals surface area contributed by atoms with E-state index in [0.717, 1.165) is 16.9 Å². The van der Waals surface area contributed by atoms with Gasteiger partial charge in [-0.05, 0) is 31.2 Å². The molecule has 0 bridgehead atoms. The van der Waals surface area contributed by atoms with Crippen molar-refractivity contribution >= 4 is 12.1 Å². The highest BCUT2D eigenvalue weighted by atomic mass is 16.5. The fraction of sp³-hybridized carbons (Fsp3) is 0.294. The van der Waals surface area contributed by atoms with Crippen LogP contribution < -0.4 is 4.74 Å². The summed E-state index contributed by atoms with van der Waals surface area (Å²) in [6.45, 7) is 2.96. The number of allylic oxidation sites excluding steroid dienone is 1. The summed E-state index contributed by atoms with van der Waals surface area (Å²) in [6, 6.07) is 5.52. The van der Waals surface area contributed by atoms with E-state index in [9.17, 15) is 4.79 Å². The molecule has 1 atom stereocenters. The van der Waals surface area contributed by atoms with Crippen LogP contribution in [0.4, 0.5) is 0 Å². The quantitative estimate of drug-likeness (QED) is 0.810. The van der Waals surface area contributed by atoms with Gasteiger partial charge in [0.2, 0.25) is 0 Å². The van der Waals surface area contributed by atoms with Crippen LogP contribution in [0.2, 0.25) is 0 Å². The van der Waals surface area contributed by atoms with Gasteiger partial charge < -0.3 is 14.0 Å². The van der Waals surface area contributed by atoms with E-state index in [-0.39, 0.29) is 5.91 Å². The standard InChI is InChI=1S/C17H17N3O4/c1-3-23-10-12-9-11(6-7-14(12)22-2)17-19-15(20-24-17)13-5-4-8-18-16(13)21/h4-9,13H,3,10H2,1-2H3. The van der Waals surface area contributed by atoms with E-state index in [1.807, 2.05) is 25.1 Å². The van der Waals surface area contributed by atoms with Crippen molar-refractivity contribution < 1.29 is 18.8 Å². The average molecular weight is 327 g/mol. The van der Waals surface area contributed by atoms with E-state index >= 15 is 0 Å². The molecule has 0 radical (unpaired) electrons. The van der Waals surface area contributed by atoms with Gasteiger partial charge in [-0.15, -0.1) is 0 Å². The van der Waals surface area contributed by atoms with Crippen molar-refractivity contribution in [3.8, 4) is 17.2 Å². The van der Waals surface area contributed by atoms with Gasteiger partial charge >= 0.3 is 0 Å². The molecule has 0 spiro atoms. The fourth-order valence-corrected chi connectivity index (χ4v) is 2.35. The predicted molar refractivity (Wildman–Crippen MR) is 87.0 cm³/mol. The van der Waals surface area contributed by atoms with E-state index in [1.165, 1.54) is 6.21 Å². The lowest BCUT2D eigenvalue weighted by molar-refractivity contribution is -0.118. The second kappa shape index (κ2) is 7.18. The number of rotatable bonds is 6. The minimum Gasteiger partial charge on any atom is -0.496 e. The number of carbonyl (C=O) groups is 1. The van der Waals surface area contributed by atoms with E-state index < -0.39 is 5.92 Å². The first kappa shape index (κ1) is 16.1. The van der Waals surface area contributed by atoms with E-state index in [0.29, 0.717) is 24.9 Å². The van der Waals surface area contributed by atoms with Gasteiger partial charge in [0.1, 0.15) is 11.7 Å². The van der Waals surface area contributed by atoms with Crippen LogP contribution in [-0.4, -0.2) is 36.0 Å². The summed E-state index contributed by atoms with van der Waals surface area (Å²) in [5, 5.41) is 3.91. The molecule has 1 aromatic carbocycles. The van der Waals surface area contributed by atoms with Gasteiger partial charge in [-0.1, -0.05) is 11.2 Å². The van der Waals surface area contributed by atoms with Crippen LogP contribution in [0.5, 0.6) is 5.75 Å². The summed E-state index contributed by atoms with van der Waals surface area (Å²) in [4.78, 5) is 19.9. The molecule has 0 saturated carbocycles. The maximum Gasteiger partial charge on any atom is 0.260 e. The lowest BCUT2D eigenvalue weighted by Crippen LogP contribution is -2.12. The number of hydrogen-bond acceptors (Lipinski definition) is 6. The van der Waals surface area contributed by atoms with Crippen molar-refractivity contribution in [1.29, 1.82) is 0 Å². The molecule has 0 N–H and O–H groups in total. The number of nitrogens with zero attached hydrogens (tertiary/aromatic N) is 3. The number of dihydropyridines is 1. The Hall–Kier alpha value is -2.80. The number of hydrogen-bond donors (Lipinski definition) is 0. The predicted octanol–water partition coefficient (Wildman–Crippen LogP) is 2.53. The summed E-state index contributed by atoms with van der Waals surface area (Å²) in [5.41, 5.74) is 1.62. The Labute approximate surface area is 139 Å². The number of methoxy groups -OCH3 is 1. The van der Waals surface area contributed by atoms with Gasteiger partial charge in [0.25, 0.3) is 11.8 Å². The zero-order valence-corrected chi connectivity index (χ0v) is 13.4. The molecule has 7 nitrogen and oxygen atoms in total. The Morgan fingerprint density at radius 1 is 1.33 bits per heavy atom. The third-order valence-electron chi connectivity index (χ3n) is 3.57. The van der Waals surface area contributed by atoms with Crippen molar-refractivity contribution in [1.82, 2.24) is 10.1 Å². The first-order valence-corrected chi connectivity index (χ1v) is 7.56. The van der Waals surface area contributed by atoms with Crippen LogP contribution >= 0.6 is 0 Å². The van der Waals surface area contributed by atoms with Crippen LogP contribution in [0.25, 0.3) is 11.5 Å². The topological polar surface area (TPSA) is 86.8 Å². The Morgan fingerprint density at radius 2 is 2.21 bits per heavy atom. The Bertz CT molecular complexity index is 795. The minimum atomic E-state index is -0.603. The Balaban J connectivity index is 1.88. The van der Waals surface area contributed by atoms with Gasteiger partial charge in [-0.2, -0.15) is 4.98 Å². The second-order valence-corrected chi connectivity index (χ2v) is 5.10. The monoisotopic (exact) mass is 327 g/mol. The average Bonchev–Trinajstić information content (AvgIpc) is 3.10. The molecule has 0 fully saturated rings. The van der Waals surface area contributed by atoms with Gasteiger partial charge in [0.05, 0.1) is 13.7 Å². The second-order valence-electron chi connectivity index (χ2n) is 5.10. The molecule has 3 rings (SSSR count). The van der Waals surface area contributed by atoms with Crippen LogP contribution in [0, 0.1) is 0 Å². The molecule has 124 valence electrons. The van der Waals surface area contributed by atoms with E-state index in [1.54, 1.807) is 19.3 Å². The molecule has 2 aromatic rings. The van der Waals surface area contributed by atoms with Crippen molar-refractivity contribution in [3.05, 3.63) is 41.7 Å². The first-order valence-electron chi connectivity index (χ1n) is 7.56. The maximum atomic E-state index is 11.8. The summed E-state index contributed by atoms with van der Waals surface area (Å²) in [6.07, 6.45) is 4.83. The van der Waals surface area contributed by atoms with Crippen molar-refractivity contribution in [3.63, 3.8) is 0 Å². The number of amides is 1.